The maximum absolute atomic E-state index is 5.31. The van der Waals surface area contributed by atoms with E-state index >= 15 is 0 Å². The van der Waals surface area contributed by atoms with Crippen molar-refractivity contribution in [1.82, 2.24) is 14.5 Å². The Labute approximate surface area is 302 Å². The second-order valence-corrected chi connectivity index (χ2v) is 14.7. The highest BCUT2D eigenvalue weighted by molar-refractivity contribution is 7.99. The van der Waals surface area contributed by atoms with Crippen molar-refractivity contribution < 1.29 is 0 Å². The average Bonchev–Trinajstić information content (AvgIpc) is 3.56. The minimum Gasteiger partial charge on any atom is -0.309 e. The highest BCUT2D eigenvalue weighted by atomic mass is 32.2. The van der Waals surface area contributed by atoms with E-state index in [4.69, 9.17) is 9.97 Å². The molecule has 0 saturated heterocycles. The van der Waals surface area contributed by atoms with Crippen molar-refractivity contribution in [3.8, 4) is 28.3 Å². The maximum atomic E-state index is 5.31. The Kier molecular flexibility index (Phi) is 5.71. The van der Waals surface area contributed by atoms with E-state index in [2.05, 4.69) is 168 Å². The van der Waals surface area contributed by atoms with Crippen molar-refractivity contribution in [3.63, 3.8) is 0 Å². The maximum Gasteiger partial charge on any atom is 0.160 e. The molecule has 11 aromatic rings. The summed E-state index contributed by atoms with van der Waals surface area (Å²) in [6.45, 7) is 0. The second-order valence-electron chi connectivity index (χ2n) is 13.7. The van der Waals surface area contributed by atoms with Crippen molar-refractivity contribution in [2.24, 2.45) is 0 Å². The molecule has 0 amide bonds. The second kappa shape index (κ2) is 10.5. The standard InChI is InChI=1S/C48H27N3S/c1-3-17-32-30(15-1)31-16-2-4-18-33(31)43-42(32)34-19-5-6-20-35(34)47-44(43)36-21-7-9-24-39(36)51(47)29-14-11-13-28(27-29)48-49-38-23-12-26-41-45(38)46(50-48)37-22-8-10-25-40(37)52-41/h1-27H. The van der Waals surface area contributed by atoms with Gasteiger partial charge >= 0.3 is 0 Å². The van der Waals surface area contributed by atoms with Crippen LogP contribution in [0.4, 0.5) is 0 Å². The van der Waals surface area contributed by atoms with Crippen molar-refractivity contribution in [2.75, 3.05) is 0 Å². The summed E-state index contributed by atoms with van der Waals surface area (Å²) in [4.78, 5) is 12.9. The molecule has 0 atom stereocenters. The molecule has 0 saturated carbocycles. The molecule has 1 aliphatic rings. The van der Waals surface area contributed by atoms with Gasteiger partial charge in [0.15, 0.2) is 5.82 Å². The Bertz CT molecular complexity index is 3340. The Balaban J connectivity index is 1.20. The summed E-state index contributed by atoms with van der Waals surface area (Å²) in [5.41, 5.74) is 7.60. The summed E-state index contributed by atoms with van der Waals surface area (Å²) >= 11 is 1.80. The molecule has 52 heavy (non-hydrogen) atoms. The van der Waals surface area contributed by atoms with Crippen molar-refractivity contribution in [3.05, 3.63) is 164 Å². The first kappa shape index (κ1) is 28.2. The molecular formula is C48H27N3S. The van der Waals surface area contributed by atoms with Gasteiger partial charge in [0.25, 0.3) is 0 Å². The van der Waals surface area contributed by atoms with Gasteiger partial charge in [-0.05, 0) is 68.7 Å². The first-order valence-corrected chi connectivity index (χ1v) is 18.5. The molecule has 0 bridgehead atoms. The number of fused-ring (bicyclic) bond motifs is 15. The predicted molar refractivity (Wildman–Crippen MR) is 219 cm³/mol. The van der Waals surface area contributed by atoms with Crippen LogP contribution in [-0.4, -0.2) is 14.5 Å². The summed E-state index contributed by atoms with van der Waals surface area (Å²) < 4.78 is 2.47. The lowest BCUT2D eigenvalue weighted by Crippen LogP contribution is -2.01. The smallest absolute Gasteiger partial charge is 0.160 e. The molecule has 0 aliphatic carbocycles. The molecular weight excluding hydrogens is 651 g/mol. The number of rotatable bonds is 2. The van der Waals surface area contributed by atoms with E-state index in [1.165, 1.54) is 74.7 Å². The third kappa shape index (κ3) is 3.77. The summed E-state index contributed by atoms with van der Waals surface area (Å²) in [5, 5.41) is 13.9. The quantitative estimate of drug-likeness (QED) is 0.171. The van der Waals surface area contributed by atoms with Crippen molar-refractivity contribution >= 4 is 87.6 Å². The van der Waals surface area contributed by atoms with Gasteiger partial charge in [-0.1, -0.05) is 139 Å². The van der Waals surface area contributed by atoms with E-state index in [1.54, 1.807) is 11.8 Å². The lowest BCUT2D eigenvalue weighted by atomic mass is 9.88. The van der Waals surface area contributed by atoms with Gasteiger partial charge in [0.05, 0.1) is 22.2 Å². The van der Waals surface area contributed by atoms with Crippen molar-refractivity contribution in [1.29, 1.82) is 0 Å². The zero-order valence-corrected chi connectivity index (χ0v) is 28.7. The van der Waals surface area contributed by atoms with Crippen LogP contribution < -0.4 is 0 Å². The molecule has 0 fully saturated rings. The van der Waals surface area contributed by atoms with E-state index < -0.39 is 0 Å². The lowest BCUT2D eigenvalue weighted by Gasteiger charge is -2.20. The third-order valence-corrected chi connectivity index (χ3v) is 12.1. The van der Waals surface area contributed by atoms with E-state index in [1.807, 2.05) is 0 Å². The van der Waals surface area contributed by atoms with Crippen LogP contribution in [0.5, 0.6) is 0 Å². The number of hydrogen-bond donors (Lipinski definition) is 0. The zero-order chi connectivity index (χ0) is 33.9. The number of para-hydroxylation sites is 1. The first-order chi connectivity index (χ1) is 25.8. The molecule has 240 valence electrons. The summed E-state index contributed by atoms with van der Waals surface area (Å²) in [7, 11) is 0. The summed E-state index contributed by atoms with van der Waals surface area (Å²) in [6, 6.07) is 59.4. The van der Waals surface area contributed by atoms with Crippen molar-refractivity contribution in [2.45, 2.75) is 9.79 Å². The molecule has 0 unspecified atom stereocenters. The number of nitrogens with zero attached hydrogens (tertiary/aromatic N) is 3. The molecule has 12 rings (SSSR count). The molecule has 9 aromatic carbocycles. The van der Waals surface area contributed by atoms with E-state index in [0.717, 1.165) is 39.2 Å². The van der Waals surface area contributed by atoms with Crippen LogP contribution in [-0.2, 0) is 0 Å². The van der Waals surface area contributed by atoms with Crippen LogP contribution in [0.25, 0.3) is 104 Å². The molecule has 0 N–H and O–H groups in total. The van der Waals surface area contributed by atoms with Gasteiger partial charge in [0, 0.05) is 53.5 Å². The predicted octanol–water partition coefficient (Wildman–Crippen LogP) is 13.1. The van der Waals surface area contributed by atoms with Gasteiger partial charge in [0.2, 0.25) is 0 Å². The number of aromatic nitrogens is 3. The molecule has 3 nitrogen and oxygen atoms in total. The number of benzene rings is 9. The SMILES string of the molecule is c1cc(-c2nc3c4c(cccc4n2)Sc2ccccc2-3)cc(-n2c3ccccc3c3c4c5ccccc5c5ccccc5c4c4ccccc4c32)c1. The normalized spacial score (nSPS) is 12.5. The Hall–Kier alpha value is -6.49. The Morgan fingerprint density at radius 2 is 1.04 bits per heavy atom. The van der Waals surface area contributed by atoms with Crippen LogP contribution in [0.2, 0.25) is 0 Å². The van der Waals surface area contributed by atoms with Gasteiger partial charge in [-0.25, -0.2) is 9.97 Å². The minimum atomic E-state index is 0.733. The monoisotopic (exact) mass is 677 g/mol. The fourth-order valence-electron chi connectivity index (χ4n) is 8.82. The van der Waals surface area contributed by atoms with Crippen LogP contribution in [0.1, 0.15) is 0 Å². The molecule has 4 heteroatoms. The molecule has 0 radical (unpaired) electrons. The first-order valence-electron chi connectivity index (χ1n) is 17.7. The zero-order valence-electron chi connectivity index (χ0n) is 27.8. The molecule has 1 aliphatic heterocycles. The molecule has 0 spiro atoms. The number of hydrogen-bond acceptors (Lipinski definition) is 3. The van der Waals surface area contributed by atoms with E-state index in [-0.39, 0.29) is 0 Å². The van der Waals surface area contributed by atoms with Gasteiger partial charge in [-0.2, -0.15) is 0 Å². The summed E-state index contributed by atoms with van der Waals surface area (Å²) in [6.07, 6.45) is 0. The topological polar surface area (TPSA) is 30.7 Å². The van der Waals surface area contributed by atoms with Gasteiger partial charge < -0.3 is 4.57 Å². The minimum absolute atomic E-state index is 0.733. The lowest BCUT2D eigenvalue weighted by molar-refractivity contribution is 1.17. The molecule has 2 aromatic heterocycles. The largest absolute Gasteiger partial charge is 0.309 e. The van der Waals surface area contributed by atoms with Crippen LogP contribution >= 0.6 is 11.8 Å². The van der Waals surface area contributed by atoms with Crippen LogP contribution in [0, 0.1) is 0 Å². The summed E-state index contributed by atoms with van der Waals surface area (Å²) in [5.74, 6) is 0.733. The molecule has 3 heterocycles. The fraction of sp³-hybridized carbons (Fsp3) is 0. The Morgan fingerprint density at radius 3 is 1.85 bits per heavy atom. The van der Waals surface area contributed by atoms with Crippen LogP contribution in [0.3, 0.4) is 0 Å². The van der Waals surface area contributed by atoms with E-state index in [9.17, 15) is 0 Å². The van der Waals surface area contributed by atoms with E-state index in [0.29, 0.717) is 0 Å². The highest BCUT2D eigenvalue weighted by Gasteiger charge is 2.24. The average molecular weight is 678 g/mol. The van der Waals surface area contributed by atoms with Gasteiger partial charge in [-0.15, -0.1) is 0 Å². The fourth-order valence-corrected chi connectivity index (χ4v) is 9.93. The van der Waals surface area contributed by atoms with Gasteiger partial charge in [-0.3, -0.25) is 0 Å². The van der Waals surface area contributed by atoms with Crippen LogP contribution in [0.15, 0.2) is 174 Å². The third-order valence-electron chi connectivity index (χ3n) is 10.9. The highest BCUT2D eigenvalue weighted by Crippen LogP contribution is 2.49. The van der Waals surface area contributed by atoms with Gasteiger partial charge in [0.1, 0.15) is 0 Å². The Morgan fingerprint density at radius 1 is 0.423 bits per heavy atom.